The fourth-order valence-corrected chi connectivity index (χ4v) is 4.19. The first kappa shape index (κ1) is 21.1. The van der Waals surface area contributed by atoms with Gasteiger partial charge in [0.1, 0.15) is 0 Å². The number of rotatable bonds is 5. The molecule has 0 spiro atoms. The number of nitrogens with zero attached hydrogens (tertiary/aromatic N) is 2. The molecule has 0 aliphatic carbocycles. The lowest BCUT2D eigenvalue weighted by molar-refractivity contribution is -0.116. The Bertz CT molecular complexity index is 1010. The highest BCUT2D eigenvalue weighted by atomic mass is 16.5. The fourth-order valence-electron chi connectivity index (χ4n) is 4.19. The van der Waals surface area contributed by atoms with Crippen LogP contribution in [0, 0.1) is 6.92 Å². The molecule has 2 unspecified atom stereocenters. The molecule has 7 heteroatoms. The lowest BCUT2D eigenvalue weighted by atomic mass is 10.1. The van der Waals surface area contributed by atoms with Crippen LogP contribution in [-0.2, 0) is 9.53 Å². The lowest BCUT2D eigenvalue weighted by Gasteiger charge is -2.36. The largest absolute Gasteiger partial charge is 0.372 e. The van der Waals surface area contributed by atoms with Gasteiger partial charge in [-0.15, -0.1) is 0 Å². The summed E-state index contributed by atoms with van der Waals surface area (Å²) in [4.78, 5) is 40.8. The van der Waals surface area contributed by atoms with Crippen molar-refractivity contribution in [2.45, 2.75) is 39.4 Å². The van der Waals surface area contributed by atoms with Crippen LogP contribution in [0.25, 0.3) is 0 Å². The number of hydrogen-bond donors (Lipinski definition) is 1. The van der Waals surface area contributed by atoms with Crippen molar-refractivity contribution in [3.05, 3.63) is 59.2 Å². The van der Waals surface area contributed by atoms with Gasteiger partial charge in [0.25, 0.3) is 11.8 Å². The van der Waals surface area contributed by atoms with Crippen molar-refractivity contribution in [1.29, 1.82) is 0 Å². The predicted molar refractivity (Wildman–Crippen MR) is 118 cm³/mol. The van der Waals surface area contributed by atoms with E-state index in [9.17, 15) is 14.4 Å². The summed E-state index contributed by atoms with van der Waals surface area (Å²) >= 11 is 0. The monoisotopic (exact) mass is 421 g/mol. The third kappa shape index (κ3) is 4.46. The Balaban J connectivity index is 1.32. The van der Waals surface area contributed by atoms with Gasteiger partial charge in [0.15, 0.2) is 0 Å². The van der Waals surface area contributed by atoms with E-state index in [4.69, 9.17) is 4.74 Å². The quantitative estimate of drug-likeness (QED) is 0.750. The molecule has 4 rings (SSSR count). The summed E-state index contributed by atoms with van der Waals surface area (Å²) in [5.41, 5.74) is 3.50. The summed E-state index contributed by atoms with van der Waals surface area (Å²) in [6.45, 7) is 7.71. The smallest absolute Gasteiger partial charge is 0.261 e. The summed E-state index contributed by atoms with van der Waals surface area (Å²) in [5.74, 6) is -0.921. The number of morpholine rings is 1. The Kier molecular flexibility index (Phi) is 5.78. The third-order valence-corrected chi connectivity index (χ3v) is 5.62. The molecule has 0 aromatic heterocycles. The Morgan fingerprint density at radius 3 is 2.32 bits per heavy atom. The fraction of sp³-hybridized carbons (Fsp3) is 0.375. The molecular weight excluding hydrogens is 394 g/mol. The van der Waals surface area contributed by atoms with E-state index in [1.54, 1.807) is 12.1 Å². The molecule has 2 aliphatic rings. The maximum absolute atomic E-state index is 12.5. The van der Waals surface area contributed by atoms with E-state index in [2.05, 4.69) is 24.1 Å². The van der Waals surface area contributed by atoms with Crippen LogP contribution in [0.3, 0.4) is 0 Å². The number of benzene rings is 2. The summed E-state index contributed by atoms with van der Waals surface area (Å²) in [6, 6.07) is 12.9. The molecule has 7 nitrogen and oxygen atoms in total. The molecular formula is C24H27N3O4. The summed E-state index contributed by atoms with van der Waals surface area (Å²) in [7, 11) is 0. The molecule has 0 saturated carbocycles. The molecule has 2 aromatic carbocycles. The standard InChI is InChI=1S/C24H27N3O4/c1-15-4-9-20-21(12-15)24(30)27(23(20)29)11-10-22(28)25-18-5-7-19(8-6-18)26-13-16(2)31-17(3)14-26/h4-9,12,16-17H,10-11,13-14H2,1-3H3,(H,25,28). The van der Waals surface area contributed by atoms with Crippen molar-refractivity contribution in [3.63, 3.8) is 0 Å². The number of fused-ring (bicyclic) bond motifs is 1. The lowest BCUT2D eigenvalue weighted by Crippen LogP contribution is -2.45. The number of carbonyl (C=O) groups is 3. The van der Waals surface area contributed by atoms with Crippen LogP contribution in [0.1, 0.15) is 46.5 Å². The average molecular weight is 421 g/mol. The Labute approximate surface area is 182 Å². The number of amides is 3. The van der Waals surface area contributed by atoms with Gasteiger partial charge in [0.2, 0.25) is 5.91 Å². The summed E-state index contributed by atoms with van der Waals surface area (Å²) < 4.78 is 5.77. The normalized spacial score (nSPS) is 20.7. The number of aryl methyl sites for hydroxylation is 1. The zero-order valence-electron chi connectivity index (χ0n) is 18.1. The maximum Gasteiger partial charge on any atom is 0.261 e. The second-order valence-electron chi connectivity index (χ2n) is 8.32. The first-order chi connectivity index (χ1) is 14.8. The van der Waals surface area contributed by atoms with E-state index in [-0.39, 0.29) is 42.9 Å². The van der Waals surface area contributed by atoms with E-state index < -0.39 is 0 Å². The first-order valence-electron chi connectivity index (χ1n) is 10.6. The van der Waals surface area contributed by atoms with Crippen LogP contribution in [-0.4, -0.2) is 54.5 Å². The van der Waals surface area contributed by atoms with Crippen molar-refractivity contribution < 1.29 is 19.1 Å². The van der Waals surface area contributed by atoms with Crippen molar-refractivity contribution in [1.82, 2.24) is 4.90 Å². The van der Waals surface area contributed by atoms with Crippen LogP contribution in [0.4, 0.5) is 11.4 Å². The molecule has 2 aliphatic heterocycles. The molecule has 0 radical (unpaired) electrons. The molecule has 162 valence electrons. The van der Waals surface area contributed by atoms with Gasteiger partial charge in [-0.3, -0.25) is 19.3 Å². The predicted octanol–water partition coefficient (Wildman–Crippen LogP) is 3.23. The molecule has 2 aromatic rings. The van der Waals surface area contributed by atoms with Gasteiger partial charge in [-0.25, -0.2) is 0 Å². The van der Waals surface area contributed by atoms with Gasteiger partial charge in [0.05, 0.1) is 23.3 Å². The second kappa shape index (κ2) is 8.51. The van der Waals surface area contributed by atoms with Crippen LogP contribution in [0.15, 0.2) is 42.5 Å². The van der Waals surface area contributed by atoms with Crippen molar-refractivity contribution in [2.24, 2.45) is 0 Å². The molecule has 1 saturated heterocycles. The highest BCUT2D eigenvalue weighted by Crippen LogP contribution is 2.25. The Morgan fingerprint density at radius 2 is 1.65 bits per heavy atom. The average Bonchev–Trinajstić information content (AvgIpc) is 2.95. The van der Waals surface area contributed by atoms with E-state index in [1.807, 2.05) is 37.3 Å². The molecule has 2 heterocycles. The number of ether oxygens (including phenoxy) is 1. The Morgan fingerprint density at radius 1 is 1.00 bits per heavy atom. The number of anilines is 2. The zero-order chi connectivity index (χ0) is 22.1. The maximum atomic E-state index is 12.5. The van der Waals surface area contributed by atoms with Gasteiger partial charge in [0, 0.05) is 37.4 Å². The van der Waals surface area contributed by atoms with Crippen LogP contribution in [0.2, 0.25) is 0 Å². The highest BCUT2D eigenvalue weighted by Gasteiger charge is 2.35. The third-order valence-electron chi connectivity index (χ3n) is 5.62. The first-order valence-corrected chi connectivity index (χ1v) is 10.6. The van der Waals surface area contributed by atoms with Gasteiger partial charge >= 0.3 is 0 Å². The zero-order valence-corrected chi connectivity index (χ0v) is 18.1. The summed E-state index contributed by atoms with van der Waals surface area (Å²) in [6.07, 6.45) is 0.397. The Hall–Kier alpha value is -3.19. The minimum atomic E-state index is -0.342. The number of imide groups is 1. The molecule has 3 amide bonds. The van der Waals surface area contributed by atoms with Crippen molar-refractivity contribution in [3.8, 4) is 0 Å². The molecule has 1 fully saturated rings. The van der Waals surface area contributed by atoms with Crippen molar-refractivity contribution in [2.75, 3.05) is 29.9 Å². The molecule has 1 N–H and O–H groups in total. The number of nitrogens with one attached hydrogen (secondary N) is 1. The minimum absolute atomic E-state index is 0.0463. The van der Waals surface area contributed by atoms with E-state index in [0.29, 0.717) is 16.8 Å². The highest BCUT2D eigenvalue weighted by molar-refractivity contribution is 6.21. The van der Waals surface area contributed by atoms with Gasteiger partial charge in [-0.1, -0.05) is 11.6 Å². The van der Waals surface area contributed by atoms with Gasteiger partial charge in [-0.2, -0.15) is 0 Å². The minimum Gasteiger partial charge on any atom is -0.372 e. The second-order valence-corrected chi connectivity index (χ2v) is 8.32. The van der Waals surface area contributed by atoms with Gasteiger partial charge < -0.3 is 15.0 Å². The number of carbonyl (C=O) groups excluding carboxylic acids is 3. The van der Waals surface area contributed by atoms with Crippen molar-refractivity contribution >= 4 is 29.1 Å². The number of hydrogen-bond acceptors (Lipinski definition) is 5. The van der Waals surface area contributed by atoms with Crippen LogP contribution in [0.5, 0.6) is 0 Å². The van der Waals surface area contributed by atoms with E-state index >= 15 is 0 Å². The topological polar surface area (TPSA) is 79.0 Å². The van der Waals surface area contributed by atoms with Crippen LogP contribution < -0.4 is 10.2 Å². The van der Waals surface area contributed by atoms with E-state index in [0.717, 1.165) is 29.2 Å². The van der Waals surface area contributed by atoms with Crippen LogP contribution >= 0.6 is 0 Å². The van der Waals surface area contributed by atoms with E-state index in [1.165, 1.54) is 0 Å². The molecule has 2 atom stereocenters. The molecule has 0 bridgehead atoms. The molecule has 31 heavy (non-hydrogen) atoms. The SMILES string of the molecule is Cc1ccc2c(c1)C(=O)N(CCC(=O)Nc1ccc(N3CC(C)OC(C)C3)cc1)C2=O. The summed E-state index contributed by atoms with van der Waals surface area (Å²) in [5, 5.41) is 2.84. The van der Waals surface area contributed by atoms with Gasteiger partial charge in [-0.05, 0) is 57.2 Å².